The van der Waals surface area contributed by atoms with Gasteiger partial charge in [0.1, 0.15) is 12.1 Å². The van der Waals surface area contributed by atoms with E-state index in [0.717, 1.165) is 110 Å². The Morgan fingerprint density at radius 2 is 1.59 bits per heavy atom. The number of fused-ring (bicyclic) bond motifs is 2. The summed E-state index contributed by atoms with van der Waals surface area (Å²) in [4.78, 5) is 89.2. The molecule has 0 radical (unpaired) electrons. The van der Waals surface area contributed by atoms with E-state index in [9.17, 15) is 28.8 Å². The van der Waals surface area contributed by atoms with Crippen LogP contribution < -0.4 is 27.1 Å². The number of nitrogens with two attached hydrogens (primary N) is 1. The number of hydrogen-bond donors (Lipinski definition) is 5. The molecule has 1 aliphatic carbocycles. The minimum atomic E-state index is -0.867. The SMILES string of the molecule is CN1CCN(C2CCCN(C3CNC(C(N)=O)C(NC4CC5CN(CC6CCN(C7CCC8C(=O)N(C9CCC(=O)NC9=O)C(=O)C8C7)CC6)CCN5N4)C3)C2)C1=O. The average molecular weight is 809 g/mol. The van der Waals surface area contributed by atoms with Gasteiger partial charge in [-0.3, -0.25) is 44.4 Å². The number of primary amides is 1. The smallest absolute Gasteiger partial charge is 0.320 e. The molecule has 8 saturated heterocycles. The number of carbonyl (C=O) groups excluding carboxylic acids is 6. The lowest BCUT2D eigenvalue weighted by Crippen LogP contribution is -2.67. The van der Waals surface area contributed by atoms with Gasteiger partial charge in [-0.15, -0.1) is 0 Å². The number of carbonyl (C=O) groups is 6. The standard InChI is InChI=1S/C40H64N12O6/c1-46-13-15-50(40(46)58)26-3-2-10-49(23-26)27-18-31(35(36(41)54)42-20-27)43-33-19-28-22-47(14-16-51(28)45-33)21-24-8-11-48(12-9-24)25-4-5-29-30(17-25)39(57)52(38(29)56)32-6-7-34(53)44-37(32)55/h24-33,35,42-43,45H,2-23H2,1H3,(H2,41,54)(H,44,53,55). The summed E-state index contributed by atoms with van der Waals surface area (Å²) in [6.45, 7) is 10.2. The first-order valence-corrected chi connectivity index (χ1v) is 22.2. The normalized spacial score (nSPS) is 39.1. The quantitative estimate of drug-likeness (QED) is 0.159. The Kier molecular flexibility index (Phi) is 11.5. The first-order chi connectivity index (χ1) is 28.0. The Morgan fingerprint density at radius 3 is 2.34 bits per heavy atom. The summed E-state index contributed by atoms with van der Waals surface area (Å²) in [6, 6.07) is -0.124. The van der Waals surface area contributed by atoms with Crippen molar-refractivity contribution in [2.24, 2.45) is 23.5 Å². The number of piperazine rings is 1. The molecule has 9 rings (SSSR count). The van der Waals surface area contributed by atoms with Crippen LogP contribution in [-0.2, 0) is 24.0 Å². The highest BCUT2D eigenvalue weighted by molar-refractivity contribution is 6.10. The molecule has 0 spiro atoms. The molecule has 0 aromatic rings. The molecular weight excluding hydrogens is 745 g/mol. The van der Waals surface area contributed by atoms with E-state index in [1.165, 1.54) is 4.90 Å². The van der Waals surface area contributed by atoms with Crippen molar-refractivity contribution < 1.29 is 28.8 Å². The van der Waals surface area contributed by atoms with Crippen LogP contribution in [0.4, 0.5) is 4.79 Å². The first kappa shape index (κ1) is 40.2. The molecule has 18 nitrogen and oxygen atoms in total. The molecule has 9 aliphatic rings. The molecule has 10 unspecified atom stereocenters. The van der Waals surface area contributed by atoms with Crippen LogP contribution in [0.2, 0.25) is 0 Å². The molecule has 7 amide bonds. The molecular formula is C40H64N12O6. The molecule has 1 saturated carbocycles. The highest BCUT2D eigenvalue weighted by Gasteiger charge is 2.54. The summed E-state index contributed by atoms with van der Waals surface area (Å²) in [7, 11) is 1.88. The van der Waals surface area contributed by atoms with Gasteiger partial charge in [0.05, 0.1) is 18.0 Å². The summed E-state index contributed by atoms with van der Waals surface area (Å²) in [5.74, 6) is -1.78. The molecule has 0 aromatic heterocycles. The molecule has 18 heteroatoms. The number of rotatable bonds is 9. The van der Waals surface area contributed by atoms with E-state index in [1.807, 2.05) is 16.8 Å². The molecule has 0 aromatic carbocycles. The van der Waals surface area contributed by atoms with Gasteiger partial charge in [0.25, 0.3) is 0 Å². The van der Waals surface area contributed by atoms with Crippen molar-refractivity contribution in [1.29, 1.82) is 0 Å². The van der Waals surface area contributed by atoms with E-state index in [-0.39, 0.29) is 84.7 Å². The molecule has 0 bridgehead atoms. The van der Waals surface area contributed by atoms with Crippen LogP contribution in [0.3, 0.4) is 0 Å². The van der Waals surface area contributed by atoms with Gasteiger partial charge in [-0.25, -0.2) is 15.2 Å². The van der Waals surface area contributed by atoms with Gasteiger partial charge in [-0.2, -0.15) is 0 Å². The van der Waals surface area contributed by atoms with Gasteiger partial charge >= 0.3 is 6.03 Å². The second kappa shape index (κ2) is 16.7. The molecule has 58 heavy (non-hydrogen) atoms. The lowest BCUT2D eigenvalue weighted by Gasteiger charge is -2.46. The van der Waals surface area contributed by atoms with E-state index in [2.05, 4.69) is 41.1 Å². The summed E-state index contributed by atoms with van der Waals surface area (Å²) in [5.41, 5.74) is 9.67. The van der Waals surface area contributed by atoms with Crippen molar-refractivity contribution in [2.45, 2.75) is 119 Å². The van der Waals surface area contributed by atoms with Crippen LogP contribution in [0.5, 0.6) is 0 Å². The Labute approximate surface area is 341 Å². The molecule has 8 heterocycles. The lowest BCUT2D eigenvalue weighted by molar-refractivity contribution is -0.151. The molecule has 320 valence electrons. The minimum Gasteiger partial charge on any atom is -0.368 e. The number of piperidine rings is 4. The fourth-order valence-corrected chi connectivity index (χ4v) is 12.2. The maximum Gasteiger partial charge on any atom is 0.320 e. The Balaban J connectivity index is 0.729. The summed E-state index contributed by atoms with van der Waals surface area (Å²) in [6.07, 6.45) is 8.71. The van der Waals surface area contributed by atoms with Crippen LogP contribution in [0.1, 0.15) is 70.6 Å². The van der Waals surface area contributed by atoms with Gasteiger partial charge in [0, 0.05) is 96.0 Å². The van der Waals surface area contributed by atoms with E-state index in [4.69, 9.17) is 5.73 Å². The van der Waals surface area contributed by atoms with Gasteiger partial charge in [0.15, 0.2) is 0 Å². The van der Waals surface area contributed by atoms with Crippen LogP contribution in [0, 0.1) is 17.8 Å². The maximum absolute atomic E-state index is 13.5. The number of likely N-dealkylation sites (tertiary alicyclic amines) is 3. The van der Waals surface area contributed by atoms with E-state index in [1.54, 1.807) is 0 Å². The molecule has 10 atom stereocenters. The van der Waals surface area contributed by atoms with Crippen LogP contribution >= 0.6 is 0 Å². The Bertz CT molecular complexity index is 1630. The predicted octanol–water partition coefficient (Wildman–Crippen LogP) is -2.12. The third-order valence-electron chi connectivity index (χ3n) is 15.4. The number of nitrogens with zero attached hydrogens (tertiary/aromatic N) is 7. The van der Waals surface area contributed by atoms with Gasteiger partial charge in [-0.05, 0) is 89.8 Å². The average Bonchev–Trinajstić information content (AvgIpc) is 3.86. The lowest BCUT2D eigenvalue weighted by atomic mass is 9.77. The summed E-state index contributed by atoms with van der Waals surface area (Å²) in [5, 5.41) is 12.0. The molecule has 6 N–H and O–H groups in total. The van der Waals surface area contributed by atoms with Gasteiger partial charge in [0.2, 0.25) is 29.5 Å². The van der Waals surface area contributed by atoms with Crippen molar-refractivity contribution in [2.75, 3.05) is 79.0 Å². The second-order valence-electron chi connectivity index (χ2n) is 18.8. The molecule has 9 fully saturated rings. The monoisotopic (exact) mass is 809 g/mol. The van der Waals surface area contributed by atoms with Gasteiger partial charge < -0.3 is 30.7 Å². The van der Waals surface area contributed by atoms with E-state index in [0.29, 0.717) is 31.3 Å². The minimum absolute atomic E-state index is 0.0562. The maximum atomic E-state index is 13.5. The van der Waals surface area contributed by atoms with Crippen LogP contribution in [0.15, 0.2) is 0 Å². The highest BCUT2D eigenvalue weighted by Crippen LogP contribution is 2.42. The molecule has 8 aliphatic heterocycles. The number of imide groups is 2. The van der Waals surface area contributed by atoms with Crippen molar-refractivity contribution in [1.82, 2.24) is 55.8 Å². The van der Waals surface area contributed by atoms with Crippen LogP contribution in [0.25, 0.3) is 0 Å². The third kappa shape index (κ3) is 7.89. The van der Waals surface area contributed by atoms with E-state index < -0.39 is 18.0 Å². The fraction of sp³-hybridized carbons (Fsp3) is 0.850. The Hall–Kier alpha value is -3.26. The van der Waals surface area contributed by atoms with Crippen molar-refractivity contribution >= 4 is 35.6 Å². The van der Waals surface area contributed by atoms with Gasteiger partial charge in [-0.1, -0.05) is 0 Å². The number of urea groups is 1. The zero-order valence-corrected chi connectivity index (χ0v) is 34.1. The Morgan fingerprint density at radius 1 is 0.776 bits per heavy atom. The first-order valence-electron chi connectivity index (χ1n) is 22.2. The van der Waals surface area contributed by atoms with Crippen molar-refractivity contribution in [3.63, 3.8) is 0 Å². The number of hydrazine groups is 1. The second-order valence-corrected chi connectivity index (χ2v) is 18.8. The van der Waals surface area contributed by atoms with Crippen LogP contribution in [-0.4, -0.2) is 197 Å². The number of hydrogen-bond acceptors (Lipinski definition) is 13. The largest absolute Gasteiger partial charge is 0.368 e. The van der Waals surface area contributed by atoms with E-state index >= 15 is 0 Å². The number of amides is 7. The van der Waals surface area contributed by atoms with Crippen molar-refractivity contribution in [3.05, 3.63) is 0 Å². The fourth-order valence-electron chi connectivity index (χ4n) is 12.2. The number of nitrogens with one attached hydrogen (secondary N) is 4. The topological polar surface area (TPSA) is 199 Å². The zero-order chi connectivity index (χ0) is 40.2. The predicted molar refractivity (Wildman–Crippen MR) is 211 cm³/mol. The van der Waals surface area contributed by atoms with Crippen molar-refractivity contribution in [3.8, 4) is 0 Å². The summed E-state index contributed by atoms with van der Waals surface area (Å²) >= 11 is 0. The zero-order valence-electron chi connectivity index (χ0n) is 34.1. The highest BCUT2D eigenvalue weighted by atomic mass is 16.2. The number of likely N-dealkylation sites (N-methyl/N-ethyl adjacent to an activating group) is 1. The summed E-state index contributed by atoms with van der Waals surface area (Å²) < 4.78 is 0. The third-order valence-corrected chi connectivity index (χ3v) is 15.4.